The van der Waals surface area contributed by atoms with Crippen molar-refractivity contribution >= 4 is 28.5 Å². The average molecular weight is 315 g/mol. The molecule has 1 aliphatic carbocycles. The van der Waals surface area contributed by atoms with Crippen molar-refractivity contribution in [3.05, 3.63) is 33.4 Å². The molecule has 0 saturated heterocycles. The summed E-state index contributed by atoms with van der Waals surface area (Å²) in [5.74, 6) is 0.617. The summed E-state index contributed by atoms with van der Waals surface area (Å²) in [6, 6.07) is 8.29. The standard InChI is InChI=1S/C12H14INO/c1-14(12(15)10-5-6-10)8-9-3-2-4-11(13)7-9/h2-4,7,10H,5-6,8H2,1H3. The predicted molar refractivity (Wildman–Crippen MR) is 68.4 cm³/mol. The number of carbonyl (C=O) groups excluding carboxylic acids is 1. The molecule has 1 fully saturated rings. The van der Waals surface area contributed by atoms with Crippen LogP contribution in [0.5, 0.6) is 0 Å². The molecule has 0 spiro atoms. The molecule has 15 heavy (non-hydrogen) atoms. The Morgan fingerprint density at radius 3 is 2.87 bits per heavy atom. The van der Waals surface area contributed by atoms with Crippen LogP contribution in [0.3, 0.4) is 0 Å². The molecule has 0 aromatic heterocycles. The first-order chi connectivity index (χ1) is 7.16. The SMILES string of the molecule is CN(Cc1cccc(I)c1)C(=O)C1CC1. The maximum atomic E-state index is 11.7. The largest absolute Gasteiger partial charge is 0.341 e. The summed E-state index contributed by atoms with van der Waals surface area (Å²) in [7, 11) is 1.89. The molecular formula is C12H14INO. The molecule has 1 amide bonds. The van der Waals surface area contributed by atoms with Gasteiger partial charge in [-0.1, -0.05) is 12.1 Å². The summed E-state index contributed by atoms with van der Waals surface area (Å²) in [5.41, 5.74) is 1.21. The zero-order chi connectivity index (χ0) is 10.8. The minimum absolute atomic E-state index is 0.300. The van der Waals surface area contributed by atoms with Gasteiger partial charge in [0.05, 0.1) is 0 Å². The Morgan fingerprint density at radius 2 is 2.27 bits per heavy atom. The van der Waals surface area contributed by atoms with Crippen LogP contribution in [0.1, 0.15) is 18.4 Å². The Kier molecular flexibility index (Phi) is 3.29. The van der Waals surface area contributed by atoms with Crippen molar-refractivity contribution < 1.29 is 4.79 Å². The van der Waals surface area contributed by atoms with E-state index in [-0.39, 0.29) is 0 Å². The van der Waals surface area contributed by atoms with E-state index in [1.807, 2.05) is 18.0 Å². The molecule has 3 heteroatoms. The third-order valence-corrected chi connectivity index (χ3v) is 3.28. The topological polar surface area (TPSA) is 20.3 Å². The van der Waals surface area contributed by atoms with Crippen LogP contribution in [-0.2, 0) is 11.3 Å². The van der Waals surface area contributed by atoms with Crippen LogP contribution in [0.15, 0.2) is 24.3 Å². The summed E-state index contributed by atoms with van der Waals surface area (Å²) >= 11 is 2.29. The van der Waals surface area contributed by atoms with E-state index in [9.17, 15) is 4.79 Å². The second-order valence-corrected chi connectivity index (χ2v) is 5.34. The Morgan fingerprint density at radius 1 is 1.53 bits per heavy atom. The molecule has 0 radical (unpaired) electrons. The number of amides is 1. The van der Waals surface area contributed by atoms with Gasteiger partial charge in [-0.25, -0.2) is 0 Å². The van der Waals surface area contributed by atoms with Crippen LogP contribution in [0.4, 0.5) is 0 Å². The van der Waals surface area contributed by atoms with Gasteiger partial charge in [0.25, 0.3) is 0 Å². The highest BCUT2D eigenvalue weighted by Gasteiger charge is 2.31. The van der Waals surface area contributed by atoms with Gasteiger partial charge in [0.15, 0.2) is 0 Å². The lowest BCUT2D eigenvalue weighted by Crippen LogP contribution is -2.27. The highest BCUT2D eigenvalue weighted by atomic mass is 127. The first-order valence-electron chi connectivity index (χ1n) is 5.16. The molecule has 0 unspecified atom stereocenters. The van der Waals surface area contributed by atoms with Crippen molar-refractivity contribution in [1.82, 2.24) is 4.90 Å². The average Bonchev–Trinajstić information content (AvgIpc) is 2.99. The molecule has 80 valence electrons. The molecule has 1 aromatic rings. The van der Waals surface area contributed by atoms with E-state index in [1.165, 1.54) is 9.13 Å². The molecule has 0 bridgehead atoms. The van der Waals surface area contributed by atoms with Crippen molar-refractivity contribution in [2.24, 2.45) is 5.92 Å². The number of hydrogen-bond acceptors (Lipinski definition) is 1. The van der Waals surface area contributed by atoms with Crippen LogP contribution in [0, 0.1) is 9.49 Å². The molecular weight excluding hydrogens is 301 g/mol. The molecule has 0 atom stereocenters. The van der Waals surface area contributed by atoms with E-state index in [1.54, 1.807) is 0 Å². The quantitative estimate of drug-likeness (QED) is 0.785. The highest BCUT2D eigenvalue weighted by molar-refractivity contribution is 14.1. The Hall–Kier alpha value is -0.580. The van der Waals surface area contributed by atoms with Crippen LogP contribution in [0.2, 0.25) is 0 Å². The molecule has 2 rings (SSSR count). The Labute approximate surface area is 104 Å². The van der Waals surface area contributed by atoms with Gasteiger partial charge >= 0.3 is 0 Å². The van der Waals surface area contributed by atoms with Crippen LogP contribution in [-0.4, -0.2) is 17.9 Å². The number of rotatable bonds is 3. The number of hydrogen-bond donors (Lipinski definition) is 0. The lowest BCUT2D eigenvalue weighted by atomic mass is 10.2. The van der Waals surface area contributed by atoms with Crippen molar-refractivity contribution in [2.75, 3.05) is 7.05 Å². The van der Waals surface area contributed by atoms with Crippen molar-refractivity contribution in [2.45, 2.75) is 19.4 Å². The number of benzene rings is 1. The van der Waals surface area contributed by atoms with Gasteiger partial charge in [0, 0.05) is 23.1 Å². The van der Waals surface area contributed by atoms with Crippen LogP contribution >= 0.6 is 22.6 Å². The molecule has 0 aliphatic heterocycles. The van der Waals surface area contributed by atoms with Gasteiger partial charge in [0.2, 0.25) is 5.91 Å². The smallest absolute Gasteiger partial charge is 0.225 e. The van der Waals surface area contributed by atoms with E-state index in [4.69, 9.17) is 0 Å². The van der Waals surface area contributed by atoms with E-state index in [0.717, 1.165) is 19.4 Å². The molecule has 0 heterocycles. The van der Waals surface area contributed by atoms with Crippen LogP contribution < -0.4 is 0 Å². The fourth-order valence-corrected chi connectivity index (χ4v) is 2.24. The minimum atomic E-state index is 0.300. The second-order valence-electron chi connectivity index (χ2n) is 4.10. The maximum Gasteiger partial charge on any atom is 0.225 e. The molecule has 1 saturated carbocycles. The predicted octanol–water partition coefficient (Wildman–Crippen LogP) is 2.66. The summed E-state index contributed by atoms with van der Waals surface area (Å²) in [4.78, 5) is 13.6. The summed E-state index contributed by atoms with van der Waals surface area (Å²) < 4.78 is 1.22. The van der Waals surface area contributed by atoms with Crippen LogP contribution in [0.25, 0.3) is 0 Å². The lowest BCUT2D eigenvalue weighted by Gasteiger charge is -2.17. The summed E-state index contributed by atoms with van der Waals surface area (Å²) in [6.45, 7) is 0.728. The fourth-order valence-electron chi connectivity index (χ4n) is 1.63. The van der Waals surface area contributed by atoms with Gasteiger partial charge in [-0.15, -0.1) is 0 Å². The first kappa shape index (κ1) is 10.9. The third-order valence-electron chi connectivity index (χ3n) is 2.61. The normalized spacial score (nSPS) is 15.1. The highest BCUT2D eigenvalue weighted by Crippen LogP contribution is 2.31. The Bertz CT molecular complexity index is 374. The summed E-state index contributed by atoms with van der Waals surface area (Å²) in [5, 5.41) is 0. The van der Waals surface area contributed by atoms with E-state index in [2.05, 4.69) is 40.8 Å². The molecule has 1 aromatic carbocycles. The molecule has 0 N–H and O–H groups in total. The van der Waals surface area contributed by atoms with E-state index in [0.29, 0.717) is 11.8 Å². The van der Waals surface area contributed by atoms with Gasteiger partial charge in [0.1, 0.15) is 0 Å². The number of carbonyl (C=O) groups is 1. The van der Waals surface area contributed by atoms with Crippen molar-refractivity contribution in [1.29, 1.82) is 0 Å². The second kappa shape index (κ2) is 4.51. The van der Waals surface area contributed by atoms with Crippen molar-refractivity contribution in [3.63, 3.8) is 0 Å². The Balaban J connectivity index is 1.98. The van der Waals surface area contributed by atoms with Gasteiger partial charge in [-0.3, -0.25) is 4.79 Å². The molecule has 2 nitrogen and oxygen atoms in total. The number of halogens is 1. The zero-order valence-electron chi connectivity index (χ0n) is 8.74. The fraction of sp³-hybridized carbons (Fsp3) is 0.417. The monoisotopic (exact) mass is 315 g/mol. The minimum Gasteiger partial charge on any atom is -0.341 e. The van der Waals surface area contributed by atoms with Gasteiger partial charge < -0.3 is 4.90 Å². The third kappa shape index (κ3) is 2.93. The maximum absolute atomic E-state index is 11.7. The zero-order valence-corrected chi connectivity index (χ0v) is 10.9. The first-order valence-corrected chi connectivity index (χ1v) is 6.24. The van der Waals surface area contributed by atoms with E-state index < -0.39 is 0 Å². The van der Waals surface area contributed by atoms with Gasteiger partial charge in [-0.05, 0) is 53.1 Å². The summed E-state index contributed by atoms with van der Waals surface area (Å²) in [6.07, 6.45) is 2.16. The van der Waals surface area contributed by atoms with Gasteiger partial charge in [-0.2, -0.15) is 0 Å². The van der Waals surface area contributed by atoms with E-state index >= 15 is 0 Å². The molecule has 1 aliphatic rings. The van der Waals surface area contributed by atoms with Crippen molar-refractivity contribution in [3.8, 4) is 0 Å². The lowest BCUT2D eigenvalue weighted by molar-refractivity contribution is -0.131. The number of nitrogens with zero attached hydrogens (tertiary/aromatic N) is 1.